The van der Waals surface area contributed by atoms with E-state index in [4.69, 9.17) is 15.9 Å². The first-order valence-corrected chi connectivity index (χ1v) is 6.60. The van der Waals surface area contributed by atoms with Gasteiger partial charge in [-0.05, 0) is 6.07 Å². The summed E-state index contributed by atoms with van der Waals surface area (Å²) in [6.07, 6.45) is 0. The van der Waals surface area contributed by atoms with Crippen LogP contribution in [-0.4, -0.2) is 20.0 Å². The van der Waals surface area contributed by atoms with Gasteiger partial charge in [0.2, 0.25) is 5.75 Å². The quantitative estimate of drug-likeness (QED) is 0.477. The third-order valence-electron chi connectivity index (χ3n) is 1.86. The Morgan fingerprint density at radius 2 is 2.05 bits per heavy atom. The van der Waals surface area contributed by atoms with Crippen LogP contribution in [0.2, 0.25) is 0 Å². The van der Waals surface area contributed by atoms with Crippen LogP contribution in [0, 0.1) is 21.4 Å². The summed E-state index contributed by atoms with van der Waals surface area (Å²) in [7, 11) is 0.290. The predicted molar refractivity (Wildman–Crippen MR) is 57.5 cm³/mol. The maximum Gasteiger partial charge on any atom is 0.387 e. The van der Waals surface area contributed by atoms with Crippen LogP contribution >= 0.6 is 10.7 Å². The zero-order valence-corrected chi connectivity index (χ0v) is 10.3. The van der Waals surface area contributed by atoms with E-state index < -0.39 is 42.5 Å². The molecule has 102 valence electrons. The number of hydrogen-bond acceptors (Lipinski definition) is 6. The highest BCUT2D eigenvalue weighted by Gasteiger charge is 2.31. The first-order chi connectivity index (χ1) is 8.68. The standard InChI is InChI=1S/C8H3ClF2N2O5S/c9-19(16,17)7-4(3-12)1-2-5(13(14)15)6(7)18-8(10)11/h1-2,8H. The number of hydrogen-bond donors (Lipinski definition) is 0. The van der Waals surface area contributed by atoms with Crippen LogP contribution in [0.4, 0.5) is 14.5 Å². The fourth-order valence-electron chi connectivity index (χ4n) is 1.23. The van der Waals surface area contributed by atoms with Crippen molar-refractivity contribution in [1.82, 2.24) is 0 Å². The van der Waals surface area contributed by atoms with Gasteiger partial charge in [-0.15, -0.1) is 0 Å². The smallest absolute Gasteiger partial charge is 0.387 e. The van der Waals surface area contributed by atoms with Crippen molar-refractivity contribution in [1.29, 1.82) is 5.26 Å². The lowest BCUT2D eigenvalue weighted by Gasteiger charge is -2.09. The molecule has 1 aromatic rings. The number of benzene rings is 1. The van der Waals surface area contributed by atoms with E-state index in [1.54, 1.807) is 0 Å². The molecule has 1 rings (SSSR count). The highest BCUT2D eigenvalue weighted by molar-refractivity contribution is 8.13. The summed E-state index contributed by atoms with van der Waals surface area (Å²) in [5, 5.41) is 19.3. The molecule has 0 bridgehead atoms. The van der Waals surface area contributed by atoms with Gasteiger partial charge in [-0.3, -0.25) is 10.1 Å². The summed E-state index contributed by atoms with van der Waals surface area (Å²) in [4.78, 5) is 8.35. The molecule has 0 radical (unpaired) electrons. The van der Waals surface area contributed by atoms with E-state index in [0.29, 0.717) is 6.07 Å². The third-order valence-corrected chi connectivity index (χ3v) is 3.22. The van der Waals surface area contributed by atoms with Crippen molar-refractivity contribution >= 4 is 25.4 Å². The molecule has 1 aromatic carbocycles. The van der Waals surface area contributed by atoms with E-state index in [-0.39, 0.29) is 0 Å². The molecule has 0 saturated heterocycles. The van der Waals surface area contributed by atoms with Crippen molar-refractivity contribution in [2.24, 2.45) is 0 Å². The number of ether oxygens (including phenoxy) is 1. The highest BCUT2D eigenvalue weighted by Crippen LogP contribution is 2.39. The van der Waals surface area contributed by atoms with Gasteiger partial charge in [-0.25, -0.2) is 8.42 Å². The van der Waals surface area contributed by atoms with Gasteiger partial charge in [0.25, 0.3) is 9.05 Å². The Morgan fingerprint density at radius 3 is 2.42 bits per heavy atom. The van der Waals surface area contributed by atoms with Gasteiger partial charge in [0.15, 0.2) is 0 Å². The van der Waals surface area contributed by atoms with E-state index in [1.165, 1.54) is 6.07 Å². The fourth-order valence-corrected chi connectivity index (χ4v) is 2.44. The van der Waals surface area contributed by atoms with Crippen LogP contribution in [0.5, 0.6) is 5.75 Å². The van der Waals surface area contributed by atoms with Gasteiger partial charge >= 0.3 is 12.3 Å². The number of rotatable bonds is 4. The van der Waals surface area contributed by atoms with Gasteiger partial charge in [0, 0.05) is 16.7 Å². The lowest BCUT2D eigenvalue weighted by molar-refractivity contribution is -0.386. The predicted octanol–water partition coefficient (Wildman–Crippen LogP) is 2.00. The van der Waals surface area contributed by atoms with Crippen molar-refractivity contribution in [3.05, 3.63) is 27.8 Å². The molecule has 0 atom stereocenters. The van der Waals surface area contributed by atoms with E-state index in [2.05, 4.69) is 4.74 Å². The second-order valence-corrected chi connectivity index (χ2v) is 5.48. The Balaban J connectivity index is 3.77. The molecule has 0 N–H and O–H groups in total. The Labute approximate surface area is 109 Å². The maximum atomic E-state index is 12.2. The van der Waals surface area contributed by atoms with Crippen LogP contribution in [0.1, 0.15) is 5.56 Å². The van der Waals surface area contributed by atoms with Gasteiger partial charge in [-0.1, -0.05) is 0 Å². The number of nitro benzene ring substituents is 1. The lowest BCUT2D eigenvalue weighted by atomic mass is 10.2. The van der Waals surface area contributed by atoms with Crippen molar-refractivity contribution in [3.63, 3.8) is 0 Å². The summed E-state index contributed by atoms with van der Waals surface area (Å²) in [5.74, 6) is -1.27. The number of nitro groups is 1. The average Bonchev–Trinajstić information content (AvgIpc) is 2.25. The Morgan fingerprint density at radius 1 is 1.47 bits per heavy atom. The fraction of sp³-hybridized carbons (Fsp3) is 0.125. The molecule has 0 aliphatic carbocycles. The summed E-state index contributed by atoms with van der Waals surface area (Å²) in [6, 6.07) is 2.81. The summed E-state index contributed by atoms with van der Waals surface area (Å²) in [5.41, 5.74) is -1.69. The third kappa shape index (κ3) is 3.27. The number of nitriles is 1. The van der Waals surface area contributed by atoms with Crippen LogP contribution < -0.4 is 4.74 Å². The highest BCUT2D eigenvalue weighted by atomic mass is 35.7. The molecule has 0 aliphatic rings. The number of alkyl halides is 2. The van der Waals surface area contributed by atoms with Crippen LogP contribution in [0.3, 0.4) is 0 Å². The molecule has 0 aliphatic heterocycles. The van der Waals surface area contributed by atoms with Gasteiger partial charge in [0.05, 0.1) is 10.5 Å². The van der Waals surface area contributed by atoms with Gasteiger partial charge < -0.3 is 4.74 Å². The number of nitrogens with zero attached hydrogens (tertiary/aromatic N) is 2. The first kappa shape index (κ1) is 15.1. The molecule has 11 heteroatoms. The molecular weight excluding hydrogens is 310 g/mol. The van der Waals surface area contributed by atoms with E-state index in [0.717, 1.165) is 6.07 Å². The second-order valence-electron chi connectivity index (χ2n) is 2.98. The Bertz CT molecular complexity index is 670. The van der Waals surface area contributed by atoms with Crippen LogP contribution in [0.25, 0.3) is 0 Å². The largest absolute Gasteiger partial charge is 0.426 e. The zero-order chi connectivity index (χ0) is 14.8. The lowest BCUT2D eigenvalue weighted by Crippen LogP contribution is -2.09. The van der Waals surface area contributed by atoms with Gasteiger partial charge in [-0.2, -0.15) is 14.0 Å². The topological polar surface area (TPSA) is 110 Å². The Hall–Kier alpha value is -1.99. The molecule has 7 nitrogen and oxygen atoms in total. The molecule has 0 unspecified atom stereocenters. The van der Waals surface area contributed by atoms with E-state index >= 15 is 0 Å². The van der Waals surface area contributed by atoms with Crippen molar-refractivity contribution in [2.45, 2.75) is 11.5 Å². The molecule has 0 heterocycles. The SMILES string of the molecule is N#Cc1ccc([N+](=O)[O-])c(OC(F)F)c1S(=O)(=O)Cl. The monoisotopic (exact) mass is 312 g/mol. The Kier molecular flexibility index (Phi) is 4.23. The van der Waals surface area contributed by atoms with Crippen LogP contribution in [-0.2, 0) is 9.05 Å². The van der Waals surface area contributed by atoms with E-state index in [1.807, 2.05) is 0 Å². The normalized spacial score (nSPS) is 11.1. The molecule has 19 heavy (non-hydrogen) atoms. The summed E-state index contributed by atoms with van der Waals surface area (Å²) >= 11 is 0. The molecule has 0 aromatic heterocycles. The summed E-state index contributed by atoms with van der Waals surface area (Å²) in [6.45, 7) is -3.52. The molecule has 0 fully saturated rings. The first-order valence-electron chi connectivity index (χ1n) is 4.29. The van der Waals surface area contributed by atoms with Crippen molar-refractivity contribution in [3.8, 4) is 11.8 Å². The minimum absolute atomic E-state index is 0.642. The van der Waals surface area contributed by atoms with Crippen molar-refractivity contribution < 1.29 is 26.9 Å². The summed E-state index contributed by atoms with van der Waals surface area (Å²) < 4.78 is 50.7. The molecule has 0 saturated carbocycles. The van der Waals surface area contributed by atoms with Crippen LogP contribution in [0.15, 0.2) is 17.0 Å². The van der Waals surface area contributed by atoms with Crippen molar-refractivity contribution in [2.75, 3.05) is 0 Å². The van der Waals surface area contributed by atoms with Gasteiger partial charge in [0.1, 0.15) is 11.0 Å². The minimum Gasteiger partial charge on any atom is -0.426 e. The minimum atomic E-state index is -4.69. The zero-order valence-electron chi connectivity index (χ0n) is 8.71. The molecule has 0 spiro atoms. The molecular formula is C8H3ClF2N2O5S. The maximum absolute atomic E-state index is 12.2. The average molecular weight is 313 g/mol. The molecule has 0 amide bonds. The second kappa shape index (κ2) is 5.33. The number of halogens is 3. The van der Waals surface area contributed by atoms with E-state index in [9.17, 15) is 27.3 Å².